The Morgan fingerprint density at radius 2 is 1.80 bits per heavy atom. The van der Waals surface area contributed by atoms with E-state index in [1.165, 1.54) is 24.3 Å². The minimum Gasteiger partial charge on any atom is -0.379 e. The molecule has 1 saturated heterocycles. The van der Waals surface area contributed by atoms with Crippen molar-refractivity contribution in [2.24, 2.45) is 0 Å². The molecule has 10 nitrogen and oxygen atoms in total. The average molecular weight is 580 g/mol. The van der Waals surface area contributed by atoms with Gasteiger partial charge in [-0.05, 0) is 54.1 Å². The Labute approximate surface area is 236 Å². The van der Waals surface area contributed by atoms with Crippen LogP contribution in [0.25, 0.3) is 21.7 Å². The molecule has 1 aliphatic heterocycles. The first-order valence-corrected chi connectivity index (χ1v) is 15.4. The van der Waals surface area contributed by atoms with Crippen LogP contribution in [0.2, 0.25) is 0 Å². The third-order valence-corrected chi connectivity index (χ3v) is 8.74. The first-order valence-electron chi connectivity index (χ1n) is 12.7. The molecule has 1 aliphatic rings. The maximum absolute atomic E-state index is 12.8. The fourth-order valence-corrected chi connectivity index (χ4v) is 6.01. The Morgan fingerprint density at radius 1 is 1.07 bits per heavy atom. The number of urea groups is 1. The number of morpholine rings is 1. The number of rotatable bonds is 8. The molecule has 0 bridgehead atoms. The highest BCUT2D eigenvalue weighted by Gasteiger charge is 2.20. The van der Waals surface area contributed by atoms with Gasteiger partial charge in [-0.2, -0.15) is 5.06 Å². The van der Waals surface area contributed by atoms with E-state index < -0.39 is 15.9 Å². The first kappa shape index (κ1) is 27.9. The van der Waals surface area contributed by atoms with E-state index >= 15 is 0 Å². The molecule has 2 aromatic carbocycles. The third-order valence-electron chi connectivity index (χ3n) is 6.45. The van der Waals surface area contributed by atoms with Gasteiger partial charge < -0.3 is 10.1 Å². The van der Waals surface area contributed by atoms with Crippen LogP contribution in [-0.4, -0.2) is 73.6 Å². The predicted molar refractivity (Wildman–Crippen MR) is 155 cm³/mol. The first-order chi connectivity index (χ1) is 19.3. The maximum atomic E-state index is 12.8. The summed E-state index contributed by atoms with van der Waals surface area (Å²) >= 11 is 1.59. The van der Waals surface area contributed by atoms with Crippen LogP contribution < -0.4 is 10.4 Å². The normalized spacial score (nSPS) is 14.2. The number of nitrogens with zero attached hydrogens (tertiary/aromatic N) is 4. The van der Waals surface area contributed by atoms with Gasteiger partial charge in [-0.3, -0.25) is 15.1 Å². The van der Waals surface area contributed by atoms with E-state index in [4.69, 9.17) is 9.72 Å². The number of hydrogen-bond donors (Lipinski definition) is 2. The van der Waals surface area contributed by atoms with Crippen molar-refractivity contribution in [2.75, 3.05) is 49.5 Å². The predicted octanol–water partition coefficient (Wildman–Crippen LogP) is 4.58. The summed E-state index contributed by atoms with van der Waals surface area (Å²) in [5.74, 6) is 0. The molecule has 12 heteroatoms. The fraction of sp³-hybridized carbons (Fsp3) is 0.250. The number of amides is 2. The Bertz CT molecular complexity index is 1570. The molecule has 0 radical (unpaired) electrons. The van der Waals surface area contributed by atoms with Gasteiger partial charge >= 0.3 is 6.03 Å². The van der Waals surface area contributed by atoms with Gasteiger partial charge in [0.1, 0.15) is 0 Å². The van der Waals surface area contributed by atoms with Crippen molar-refractivity contribution in [3.05, 3.63) is 78.1 Å². The zero-order valence-electron chi connectivity index (χ0n) is 21.9. The molecule has 5 rings (SSSR count). The van der Waals surface area contributed by atoms with Crippen molar-refractivity contribution < 1.29 is 23.2 Å². The molecule has 1 fully saturated rings. The van der Waals surface area contributed by atoms with Gasteiger partial charge in [0.2, 0.25) is 0 Å². The van der Waals surface area contributed by atoms with E-state index in [0.29, 0.717) is 10.8 Å². The molecule has 0 atom stereocenters. The number of pyridine rings is 1. The number of hydroxylamine groups is 1. The molecule has 0 spiro atoms. The number of thiazole rings is 1. The molecular formula is C28H29N5O5S2. The van der Waals surface area contributed by atoms with Gasteiger partial charge in [0.25, 0.3) is 0 Å². The second-order valence-corrected chi connectivity index (χ2v) is 12.4. The van der Waals surface area contributed by atoms with Crippen LogP contribution in [0.3, 0.4) is 0 Å². The number of benzene rings is 2. The van der Waals surface area contributed by atoms with Gasteiger partial charge in [0.05, 0.1) is 39.4 Å². The Morgan fingerprint density at radius 3 is 2.50 bits per heavy atom. The SMILES string of the molecule is CS(=O)(=O)c1ccc(NC(=O)N(O)c2cccc(-c3sc(CCN4CCOCC4)nc3-c3ccncc3)c2)cc1. The number of carbonyl (C=O) groups excluding carboxylic acids is 1. The van der Waals surface area contributed by atoms with Crippen LogP contribution in [0.15, 0.2) is 78.0 Å². The fourth-order valence-electron chi connectivity index (χ4n) is 4.31. The van der Waals surface area contributed by atoms with Crippen LogP contribution in [0, 0.1) is 0 Å². The van der Waals surface area contributed by atoms with Gasteiger partial charge in [0, 0.05) is 56.0 Å². The van der Waals surface area contributed by atoms with Crippen molar-refractivity contribution in [1.82, 2.24) is 14.9 Å². The van der Waals surface area contributed by atoms with E-state index in [2.05, 4.69) is 15.2 Å². The number of hydrogen-bond acceptors (Lipinski definition) is 9. The molecule has 0 unspecified atom stereocenters. The van der Waals surface area contributed by atoms with Gasteiger partial charge in [-0.15, -0.1) is 11.3 Å². The summed E-state index contributed by atoms with van der Waals surface area (Å²) in [7, 11) is -3.36. The van der Waals surface area contributed by atoms with E-state index in [0.717, 1.165) is 72.2 Å². The summed E-state index contributed by atoms with van der Waals surface area (Å²) in [6, 6.07) is 15.8. The molecule has 3 heterocycles. The largest absolute Gasteiger partial charge is 0.379 e. The lowest BCUT2D eigenvalue weighted by Gasteiger charge is -2.25. The number of ether oxygens (including phenoxy) is 1. The molecule has 2 aromatic heterocycles. The van der Waals surface area contributed by atoms with Crippen LogP contribution in [0.4, 0.5) is 16.2 Å². The minimum absolute atomic E-state index is 0.137. The summed E-state index contributed by atoms with van der Waals surface area (Å²) in [6.45, 7) is 4.20. The Balaban J connectivity index is 1.37. The summed E-state index contributed by atoms with van der Waals surface area (Å²) in [4.78, 5) is 25.3. The number of anilines is 2. The van der Waals surface area contributed by atoms with E-state index in [1.54, 1.807) is 41.9 Å². The summed E-state index contributed by atoms with van der Waals surface area (Å²) in [6.07, 6.45) is 5.36. The van der Waals surface area contributed by atoms with E-state index in [1.807, 2.05) is 18.2 Å². The van der Waals surface area contributed by atoms with Crippen molar-refractivity contribution in [2.45, 2.75) is 11.3 Å². The van der Waals surface area contributed by atoms with Crippen molar-refractivity contribution in [1.29, 1.82) is 0 Å². The quantitative estimate of drug-likeness (QED) is 0.230. The lowest BCUT2D eigenvalue weighted by molar-refractivity contribution is 0.0384. The molecule has 2 N–H and O–H groups in total. The monoisotopic (exact) mass is 579 g/mol. The zero-order chi connectivity index (χ0) is 28.1. The van der Waals surface area contributed by atoms with Crippen molar-refractivity contribution in [3.8, 4) is 21.7 Å². The van der Waals surface area contributed by atoms with Crippen LogP contribution in [0.1, 0.15) is 5.01 Å². The van der Waals surface area contributed by atoms with E-state index in [-0.39, 0.29) is 10.6 Å². The molecule has 0 aliphatic carbocycles. The Kier molecular flexibility index (Phi) is 8.52. The highest BCUT2D eigenvalue weighted by molar-refractivity contribution is 7.90. The number of carbonyl (C=O) groups is 1. The summed E-state index contributed by atoms with van der Waals surface area (Å²) in [5.41, 5.74) is 3.18. The molecule has 208 valence electrons. The topological polar surface area (TPSA) is 125 Å². The molecule has 2 amide bonds. The van der Waals surface area contributed by atoms with Crippen LogP contribution in [0.5, 0.6) is 0 Å². The minimum atomic E-state index is -3.36. The van der Waals surface area contributed by atoms with Gasteiger partial charge in [0.15, 0.2) is 9.84 Å². The van der Waals surface area contributed by atoms with E-state index in [9.17, 15) is 18.4 Å². The highest BCUT2D eigenvalue weighted by atomic mass is 32.2. The standard InChI is InChI=1S/C28H29N5O5S2/c1-40(36,37)24-7-5-22(6-8-24)30-28(34)33(35)23-4-2-3-21(19-23)27-26(20-9-12-29-13-10-20)31-25(39-27)11-14-32-15-17-38-18-16-32/h2-10,12-13,19,35H,11,14-18H2,1H3,(H,30,34). The lowest BCUT2D eigenvalue weighted by Crippen LogP contribution is -2.37. The third kappa shape index (κ3) is 6.72. The van der Waals surface area contributed by atoms with Crippen LogP contribution in [-0.2, 0) is 21.0 Å². The Hall–Kier alpha value is -3.68. The molecule has 40 heavy (non-hydrogen) atoms. The molecule has 0 saturated carbocycles. The molecule has 4 aromatic rings. The van der Waals surface area contributed by atoms with Gasteiger partial charge in [-0.1, -0.05) is 12.1 Å². The lowest BCUT2D eigenvalue weighted by atomic mass is 10.1. The van der Waals surface area contributed by atoms with Crippen molar-refractivity contribution in [3.63, 3.8) is 0 Å². The van der Waals surface area contributed by atoms with Gasteiger partial charge in [-0.25, -0.2) is 18.2 Å². The zero-order valence-corrected chi connectivity index (χ0v) is 23.5. The summed E-state index contributed by atoms with van der Waals surface area (Å²) < 4.78 is 28.8. The number of nitrogens with one attached hydrogen (secondary N) is 1. The van der Waals surface area contributed by atoms with Crippen molar-refractivity contribution >= 4 is 38.6 Å². The smallest absolute Gasteiger partial charge is 0.350 e. The summed E-state index contributed by atoms with van der Waals surface area (Å²) in [5, 5.41) is 14.8. The maximum Gasteiger partial charge on any atom is 0.350 e. The second-order valence-electron chi connectivity index (χ2n) is 9.31. The van der Waals surface area contributed by atoms with Crippen LogP contribution >= 0.6 is 11.3 Å². The highest BCUT2D eigenvalue weighted by Crippen LogP contribution is 2.38. The molecular weight excluding hydrogens is 550 g/mol. The average Bonchev–Trinajstić information content (AvgIpc) is 3.41. The second kappa shape index (κ2) is 12.2. The number of sulfone groups is 1. The number of aromatic nitrogens is 2.